The molecule has 30 heavy (non-hydrogen) atoms. The molecule has 1 N–H and O–H groups in total. The monoisotopic (exact) mass is 450 g/mol. The van der Waals surface area contributed by atoms with Crippen LogP contribution in [0, 0.1) is 0 Å². The number of quaternary nitrogens is 1. The van der Waals surface area contributed by atoms with Gasteiger partial charge in [-0.15, -0.1) is 0 Å². The highest BCUT2D eigenvalue weighted by Crippen LogP contribution is 2.13. The fraction of sp³-hybridized carbons (Fsp3) is 1.00. The lowest BCUT2D eigenvalue weighted by Gasteiger charge is -2.13. The predicted octanol–water partition coefficient (Wildman–Crippen LogP) is 4.13. The largest absolute Gasteiger partial charge is 0.726 e. The summed E-state index contributed by atoms with van der Waals surface area (Å²) in [6, 6.07) is 0. The van der Waals surface area contributed by atoms with E-state index < -0.39 is 10.4 Å². The lowest BCUT2D eigenvalue weighted by atomic mass is 10.0. The maximum absolute atomic E-state index is 9.45. The zero-order valence-electron chi connectivity index (χ0n) is 20.1. The minimum Gasteiger partial charge on any atom is -0.726 e. The third kappa shape index (κ3) is 21.0. The molecule has 1 heterocycles. The van der Waals surface area contributed by atoms with Crippen LogP contribution >= 0.6 is 0 Å². The van der Waals surface area contributed by atoms with Gasteiger partial charge in [0.25, 0.3) is 0 Å². The van der Waals surface area contributed by atoms with Crippen LogP contribution in [0.3, 0.4) is 0 Å². The van der Waals surface area contributed by atoms with Crippen molar-refractivity contribution in [2.75, 3.05) is 39.5 Å². The lowest BCUT2D eigenvalue weighted by Crippen LogP contribution is -3.10. The van der Waals surface area contributed by atoms with Gasteiger partial charge in [-0.2, -0.15) is 0 Å². The van der Waals surface area contributed by atoms with Crippen LogP contribution in [0.15, 0.2) is 0 Å². The summed E-state index contributed by atoms with van der Waals surface area (Å²) < 4.78 is 32.0. The van der Waals surface area contributed by atoms with Crippen LogP contribution in [0.1, 0.15) is 111 Å². The van der Waals surface area contributed by atoms with Crippen LogP contribution in [0.5, 0.6) is 0 Å². The van der Waals surface area contributed by atoms with Crippen LogP contribution in [-0.2, 0) is 14.6 Å². The second kappa shape index (κ2) is 20.7. The first kappa shape index (κ1) is 29.8. The Morgan fingerprint density at radius 3 is 1.60 bits per heavy atom. The molecule has 1 fully saturated rings. The van der Waals surface area contributed by atoms with Gasteiger partial charge in [-0.3, -0.25) is 9.08 Å². The van der Waals surface area contributed by atoms with Gasteiger partial charge in [0.1, 0.15) is 6.67 Å². The molecule has 0 bridgehead atoms. The second-order valence-corrected chi connectivity index (χ2v) is 9.59. The Morgan fingerprint density at radius 2 is 1.27 bits per heavy atom. The number of hydrogen-bond donors (Lipinski definition) is 1. The van der Waals surface area contributed by atoms with Crippen molar-refractivity contribution >= 4 is 10.4 Å². The minimum absolute atomic E-state index is 0.0914. The highest BCUT2D eigenvalue weighted by Gasteiger charge is 2.20. The lowest BCUT2D eigenvalue weighted by molar-refractivity contribution is -0.889. The topological polar surface area (TPSA) is 74.1 Å². The van der Waals surface area contributed by atoms with Crippen molar-refractivity contribution in [2.45, 2.75) is 111 Å². The van der Waals surface area contributed by atoms with Gasteiger partial charge >= 0.3 is 0 Å². The molecule has 0 amide bonds. The summed E-state index contributed by atoms with van der Waals surface area (Å²) in [6.07, 6.45) is 20.5. The van der Waals surface area contributed by atoms with E-state index in [4.69, 9.17) is 0 Å². The zero-order chi connectivity index (χ0) is 22.5. The van der Waals surface area contributed by atoms with Gasteiger partial charge in [-0.1, -0.05) is 90.4 Å². The Hall–Kier alpha value is -0.210. The van der Waals surface area contributed by atoms with Crippen molar-refractivity contribution in [3.63, 3.8) is 0 Å². The highest BCUT2D eigenvalue weighted by atomic mass is 32.3. The third-order valence-electron chi connectivity index (χ3n) is 5.82. The van der Waals surface area contributed by atoms with Crippen molar-refractivity contribution in [3.8, 4) is 0 Å². The summed E-state index contributed by atoms with van der Waals surface area (Å²) in [5, 5.41) is 0. The molecule has 1 atom stereocenters. The average Bonchev–Trinajstić information content (AvgIpc) is 3.16. The molecule has 1 aliphatic rings. The number of nitrogens with zero attached hydrogens (tertiary/aromatic N) is 1. The second-order valence-electron chi connectivity index (χ2n) is 8.54. The van der Waals surface area contributed by atoms with Crippen LogP contribution in [-0.4, -0.2) is 57.3 Å². The summed E-state index contributed by atoms with van der Waals surface area (Å²) in [7, 11) is -4.42. The molecule has 1 saturated heterocycles. The molecule has 0 saturated carbocycles. The smallest absolute Gasteiger partial charge is 0.217 e. The maximum atomic E-state index is 9.45. The maximum Gasteiger partial charge on any atom is 0.217 e. The van der Waals surface area contributed by atoms with Crippen LogP contribution < -0.4 is 4.90 Å². The SMILES string of the molecule is CCCCCCCCCCCCCCCCN1CC[NH+](CC)C1.CCOS(=O)(=O)[O-]. The van der Waals surface area contributed by atoms with E-state index in [-0.39, 0.29) is 6.61 Å². The quantitative estimate of drug-likeness (QED) is 0.193. The van der Waals surface area contributed by atoms with Crippen LogP contribution in [0.25, 0.3) is 0 Å². The van der Waals surface area contributed by atoms with Gasteiger partial charge in [-0.05, 0) is 20.3 Å². The molecule has 0 aliphatic carbocycles. The summed E-state index contributed by atoms with van der Waals surface area (Å²) in [5.41, 5.74) is 0. The molecule has 1 unspecified atom stereocenters. The number of unbranched alkanes of at least 4 members (excludes halogenated alkanes) is 13. The first-order chi connectivity index (χ1) is 14.4. The Balaban J connectivity index is 0.00000103. The van der Waals surface area contributed by atoms with E-state index in [0.29, 0.717) is 0 Å². The van der Waals surface area contributed by atoms with Gasteiger partial charge in [0.05, 0.1) is 26.2 Å². The standard InChI is InChI=1S/C21H44N2.C2H6O4S/c1-3-5-6-7-8-9-10-11-12-13-14-15-16-17-18-23-20-19-22(4-2)21-23;1-2-6-7(3,4)5/h3-21H2,1-2H3;2H2,1H3,(H,3,4,5). The molecule has 6 nitrogen and oxygen atoms in total. The Bertz CT molecular complexity index is 460. The van der Waals surface area contributed by atoms with Gasteiger partial charge < -0.3 is 9.45 Å². The van der Waals surface area contributed by atoms with Crippen molar-refractivity contribution in [3.05, 3.63) is 0 Å². The van der Waals surface area contributed by atoms with Gasteiger partial charge in [0.2, 0.25) is 10.4 Å². The Labute approximate surface area is 187 Å². The minimum atomic E-state index is -4.42. The summed E-state index contributed by atoms with van der Waals surface area (Å²) in [4.78, 5) is 4.44. The molecule has 7 heteroatoms. The van der Waals surface area contributed by atoms with E-state index in [1.54, 1.807) is 4.90 Å². The van der Waals surface area contributed by atoms with E-state index in [1.807, 2.05) is 0 Å². The van der Waals surface area contributed by atoms with Gasteiger partial charge in [0.15, 0.2) is 0 Å². The van der Waals surface area contributed by atoms with Gasteiger partial charge in [0, 0.05) is 6.54 Å². The van der Waals surface area contributed by atoms with E-state index in [9.17, 15) is 13.0 Å². The molecule has 182 valence electrons. The number of hydrogen-bond acceptors (Lipinski definition) is 5. The first-order valence-corrected chi connectivity index (χ1v) is 13.9. The molecule has 0 aromatic rings. The van der Waals surface area contributed by atoms with E-state index in [0.717, 1.165) is 0 Å². The molecule has 1 rings (SSSR count). The first-order valence-electron chi connectivity index (χ1n) is 12.6. The Kier molecular flexibility index (Phi) is 20.5. The molecule has 0 aromatic heterocycles. The molecule has 0 radical (unpaired) electrons. The molecular formula is C23H50N2O4S. The highest BCUT2D eigenvalue weighted by molar-refractivity contribution is 7.80. The number of likely N-dealkylation sites (N-methyl/N-ethyl adjacent to an activating group) is 1. The van der Waals surface area contributed by atoms with Crippen molar-refractivity contribution in [1.82, 2.24) is 4.90 Å². The number of rotatable bonds is 18. The molecular weight excluding hydrogens is 400 g/mol. The van der Waals surface area contributed by atoms with E-state index in [2.05, 4.69) is 22.9 Å². The zero-order valence-corrected chi connectivity index (χ0v) is 20.9. The molecule has 0 aromatic carbocycles. The van der Waals surface area contributed by atoms with E-state index in [1.165, 1.54) is 130 Å². The van der Waals surface area contributed by atoms with E-state index >= 15 is 0 Å². The predicted molar refractivity (Wildman–Crippen MR) is 124 cm³/mol. The average molecular weight is 451 g/mol. The van der Waals surface area contributed by atoms with Crippen molar-refractivity contribution in [2.24, 2.45) is 0 Å². The van der Waals surface area contributed by atoms with Crippen LogP contribution in [0.4, 0.5) is 0 Å². The third-order valence-corrected chi connectivity index (χ3v) is 6.34. The molecule has 1 aliphatic heterocycles. The Morgan fingerprint density at radius 1 is 0.800 bits per heavy atom. The summed E-state index contributed by atoms with van der Waals surface area (Å²) >= 11 is 0. The fourth-order valence-corrected chi connectivity index (χ4v) is 4.23. The van der Waals surface area contributed by atoms with Gasteiger partial charge in [-0.25, -0.2) is 8.42 Å². The van der Waals surface area contributed by atoms with Crippen molar-refractivity contribution < 1.29 is 22.1 Å². The number of nitrogens with one attached hydrogen (secondary N) is 1. The van der Waals surface area contributed by atoms with Crippen LogP contribution in [0.2, 0.25) is 0 Å². The van der Waals surface area contributed by atoms with Crippen molar-refractivity contribution in [1.29, 1.82) is 0 Å². The fourth-order valence-electron chi connectivity index (χ4n) is 3.94. The normalized spacial score (nSPS) is 17.1. The summed E-state index contributed by atoms with van der Waals surface area (Å²) in [6.45, 7) is 12.6. The molecule has 0 spiro atoms. The summed E-state index contributed by atoms with van der Waals surface area (Å²) in [5.74, 6) is 0.